The Balaban J connectivity index is 2.94. The van der Waals surface area contributed by atoms with Gasteiger partial charge in [0.1, 0.15) is 0 Å². The second kappa shape index (κ2) is 3.57. The molecule has 0 radical (unpaired) electrons. The molecule has 0 unspecified atom stereocenters. The molecule has 1 rings (SSSR count). The SMILES string of the molecule is Fc1cccc([Se][Mg+])c1. The molecule has 0 saturated heterocycles. The first kappa shape index (κ1) is 7.54. The molecular formula is C6H4FMgSe+. The van der Waals surface area contributed by atoms with Gasteiger partial charge in [-0.05, 0) is 0 Å². The molecule has 0 aromatic heterocycles. The summed E-state index contributed by atoms with van der Waals surface area (Å²) in [5.41, 5.74) is 0. The zero-order valence-corrected chi connectivity index (χ0v) is 7.93. The molecule has 0 aliphatic carbocycles. The van der Waals surface area contributed by atoms with E-state index >= 15 is 0 Å². The van der Waals surface area contributed by atoms with E-state index in [1.54, 1.807) is 12.1 Å². The Morgan fingerprint density at radius 3 is 2.67 bits per heavy atom. The van der Waals surface area contributed by atoms with Crippen LogP contribution in [0.1, 0.15) is 0 Å². The van der Waals surface area contributed by atoms with Gasteiger partial charge in [-0.15, -0.1) is 0 Å². The van der Waals surface area contributed by atoms with Crippen LogP contribution >= 0.6 is 0 Å². The van der Waals surface area contributed by atoms with E-state index in [1.165, 1.54) is 6.07 Å². The van der Waals surface area contributed by atoms with Crippen molar-refractivity contribution >= 4 is 35.9 Å². The van der Waals surface area contributed by atoms with Crippen molar-refractivity contribution in [2.24, 2.45) is 0 Å². The van der Waals surface area contributed by atoms with Crippen LogP contribution in [0.15, 0.2) is 24.3 Å². The summed E-state index contributed by atoms with van der Waals surface area (Å²) in [6.07, 6.45) is 0. The van der Waals surface area contributed by atoms with E-state index in [2.05, 4.69) is 0 Å². The normalized spacial score (nSPS) is 9.67. The monoisotopic (exact) mass is 199 g/mol. The summed E-state index contributed by atoms with van der Waals surface area (Å²) >= 11 is 2.34. The molecule has 0 spiro atoms. The predicted molar refractivity (Wildman–Crippen MR) is 37.5 cm³/mol. The van der Waals surface area contributed by atoms with Gasteiger partial charge in [0.2, 0.25) is 0 Å². The zero-order chi connectivity index (χ0) is 6.69. The molecule has 42 valence electrons. The number of rotatable bonds is 1. The quantitative estimate of drug-likeness (QED) is 0.567. The topological polar surface area (TPSA) is 0 Å². The molecule has 0 heterocycles. The van der Waals surface area contributed by atoms with Crippen molar-refractivity contribution in [3.05, 3.63) is 30.1 Å². The summed E-state index contributed by atoms with van der Waals surface area (Å²) in [6.45, 7) is 0. The summed E-state index contributed by atoms with van der Waals surface area (Å²) in [6, 6.07) is 6.77. The van der Waals surface area contributed by atoms with Gasteiger partial charge in [-0.1, -0.05) is 0 Å². The van der Waals surface area contributed by atoms with Crippen molar-refractivity contribution < 1.29 is 4.39 Å². The minimum atomic E-state index is -0.124. The molecule has 0 N–H and O–H groups in total. The minimum absolute atomic E-state index is 0.124. The third-order valence-electron chi connectivity index (χ3n) is 0.963. The Morgan fingerprint density at radius 1 is 1.44 bits per heavy atom. The van der Waals surface area contributed by atoms with Gasteiger partial charge in [0.15, 0.2) is 0 Å². The fourth-order valence-corrected chi connectivity index (χ4v) is 2.27. The van der Waals surface area contributed by atoms with Crippen LogP contribution in [0.2, 0.25) is 0 Å². The molecule has 0 amide bonds. The molecule has 0 saturated carbocycles. The van der Waals surface area contributed by atoms with Crippen LogP contribution in [-0.2, 0) is 0 Å². The average Bonchev–Trinajstić information content (AvgIpc) is 1.88. The van der Waals surface area contributed by atoms with E-state index in [0.29, 0.717) is 11.9 Å². The van der Waals surface area contributed by atoms with E-state index < -0.39 is 0 Å². The molecule has 3 heteroatoms. The molecular weight excluding hydrogens is 194 g/mol. The van der Waals surface area contributed by atoms with Gasteiger partial charge >= 0.3 is 70.4 Å². The third-order valence-corrected chi connectivity index (χ3v) is 3.93. The van der Waals surface area contributed by atoms with Crippen molar-refractivity contribution in [1.82, 2.24) is 0 Å². The molecule has 0 atom stereocenters. The van der Waals surface area contributed by atoms with Gasteiger partial charge < -0.3 is 0 Å². The molecule has 0 fully saturated rings. The fourth-order valence-electron chi connectivity index (χ4n) is 0.557. The maximum atomic E-state index is 12.4. The van der Waals surface area contributed by atoms with Crippen LogP contribution in [0.5, 0.6) is 0 Å². The van der Waals surface area contributed by atoms with Crippen LogP contribution in [0, 0.1) is 5.82 Å². The second-order valence-electron chi connectivity index (χ2n) is 1.60. The molecule has 0 nitrogen and oxygen atoms in total. The first-order valence-electron chi connectivity index (χ1n) is 2.50. The Bertz CT molecular complexity index is 202. The van der Waals surface area contributed by atoms with Crippen LogP contribution in [0.3, 0.4) is 0 Å². The van der Waals surface area contributed by atoms with E-state index in [4.69, 9.17) is 0 Å². The number of benzene rings is 1. The van der Waals surface area contributed by atoms with E-state index in [0.717, 1.165) is 4.46 Å². The molecule has 1 aromatic carbocycles. The molecule has 1 aromatic rings. The first-order chi connectivity index (χ1) is 4.33. The maximum absolute atomic E-state index is 12.4. The zero-order valence-electron chi connectivity index (χ0n) is 4.80. The van der Waals surface area contributed by atoms with Crippen LogP contribution < -0.4 is 4.46 Å². The van der Waals surface area contributed by atoms with E-state index in [1.807, 2.05) is 25.6 Å². The Hall–Kier alpha value is 0.436. The van der Waals surface area contributed by atoms with Gasteiger partial charge in [0.25, 0.3) is 0 Å². The predicted octanol–water partition coefficient (Wildman–Crippen LogP) is 0.239. The van der Waals surface area contributed by atoms with Gasteiger partial charge in [0.05, 0.1) is 0 Å². The van der Waals surface area contributed by atoms with Crippen LogP contribution in [0.25, 0.3) is 0 Å². The summed E-state index contributed by atoms with van der Waals surface area (Å²) in [7, 11) is 0. The Labute approximate surface area is 70.2 Å². The van der Waals surface area contributed by atoms with E-state index in [9.17, 15) is 4.39 Å². The van der Waals surface area contributed by atoms with E-state index in [-0.39, 0.29) is 5.82 Å². The summed E-state index contributed by atoms with van der Waals surface area (Å²) in [4.78, 5) is 0. The van der Waals surface area contributed by atoms with Gasteiger partial charge in [-0.25, -0.2) is 0 Å². The second-order valence-corrected chi connectivity index (χ2v) is 4.70. The first-order valence-corrected chi connectivity index (χ1v) is 7.57. The van der Waals surface area contributed by atoms with Crippen molar-refractivity contribution in [3.8, 4) is 0 Å². The van der Waals surface area contributed by atoms with Crippen molar-refractivity contribution in [3.63, 3.8) is 0 Å². The Morgan fingerprint density at radius 2 is 2.22 bits per heavy atom. The molecule has 0 aliphatic rings. The average molecular weight is 198 g/mol. The van der Waals surface area contributed by atoms with Crippen LogP contribution in [-0.4, -0.2) is 31.4 Å². The Kier molecular flexibility index (Phi) is 2.99. The summed E-state index contributed by atoms with van der Waals surface area (Å²) in [5.74, 6) is -0.124. The standard InChI is InChI=1S/C6H5FSe.Mg/c7-5-2-1-3-6(8)4-5;/h1-4,8H;/q;+2/p-1. The number of halogens is 1. The molecule has 9 heavy (non-hydrogen) atoms. The fraction of sp³-hybridized carbons (Fsp3) is 0. The summed E-state index contributed by atoms with van der Waals surface area (Å²) in [5, 5.41) is 0. The molecule has 0 bridgehead atoms. The van der Waals surface area contributed by atoms with Crippen LogP contribution in [0.4, 0.5) is 4.39 Å². The van der Waals surface area contributed by atoms with Gasteiger partial charge in [0, 0.05) is 0 Å². The van der Waals surface area contributed by atoms with Gasteiger partial charge in [-0.3, -0.25) is 0 Å². The molecule has 0 aliphatic heterocycles. The summed E-state index contributed by atoms with van der Waals surface area (Å²) < 4.78 is 13.5. The van der Waals surface area contributed by atoms with Crippen molar-refractivity contribution in [2.45, 2.75) is 0 Å². The van der Waals surface area contributed by atoms with Crippen molar-refractivity contribution in [1.29, 1.82) is 0 Å². The van der Waals surface area contributed by atoms with Gasteiger partial charge in [-0.2, -0.15) is 0 Å². The number of hydrogen-bond acceptors (Lipinski definition) is 0. The van der Waals surface area contributed by atoms with Crippen molar-refractivity contribution in [2.75, 3.05) is 0 Å². The third kappa shape index (κ3) is 2.26. The number of hydrogen-bond donors (Lipinski definition) is 0.